The molecule has 15 heavy (non-hydrogen) atoms. The second-order valence-corrected chi connectivity index (χ2v) is 3.66. The second kappa shape index (κ2) is 3.38. The summed E-state index contributed by atoms with van der Waals surface area (Å²) in [6.45, 7) is 5.90. The van der Waals surface area contributed by atoms with Gasteiger partial charge in [0.25, 0.3) is 0 Å². The Labute approximate surface area is 88.8 Å². The number of hydrogen-bond acceptors (Lipinski definition) is 3. The van der Waals surface area contributed by atoms with E-state index in [1.54, 1.807) is 12.4 Å². The molecule has 2 aromatic rings. The van der Waals surface area contributed by atoms with Crippen LogP contribution in [-0.2, 0) is 0 Å². The SMILES string of the molecule is Cc1ccncc1-n1nc(C)c(N)c1C. The molecule has 0 atom stereocenters. The minimum atomic E-state index is 0.748. The summed E-state index contributed by atoms with van der Waals surface area (Å²) in [5.74, 6) is 0. The number of nitrogen functional groups attached to an aromatic ring is 1. The third-order valence-corrected chi connectivity index (χ3v) is 2.59. The van der Waals surface area contributed by atoms with E-state index in [0.717, 1.165) is 28.3 Å². The highest BCUT2D eigenvalue weighted by Gasteiger charge is 2.10. The molecule has 0 saturated heterocycles. The van der Waals surface area contributed by atoms with Crippen LogP contribution in [0.3, 0.4) is 0 Å². The Morgan fingerprint density at radius 3 is 2.53 bits per heavy atom. The second-order valence-electron chi connectivity index (χ2n) is 3.66. The summed E-state index contributed by atoms with van der Waals surface area (Å²) in [6.07, 6.45) is 3.57. The summed E-state index contributed by atoms with van der Waals surface area (Å²) in [5.41, 5.74) is 10.6. The van der Waals surface area contributed by atoms with Crippen molar-refractivity contribution in [1.29, 1.82) is 0 Å². The molecular weight excluding hydrogens is 188 g/mol. The minimum Gasteiger partial charge on any atom is -0.396 e. The van der Waals surface area contributed by atoms with Crippen LogP contribution in [0.15, 0.2) is 18.5 Å². The number of anilines is 1. The van der Waals surface area contributed by atoms with E-state index < -0.39 is 0 Å². The van der Waals surface area contributed by atoms with E-state index in [4.69, 9.17) is 5.73 Å². The van der Waals surface area contributed by atoms with Gasteiger partial charge in [0.05, 0.1) is 29.0 Å². The molecule has 0 aliphatic rings. The van der Waals surface area contributed by atoms with Crippen LogP contribution in [0.5, 0.6) is 0 Å². The maximum atomic E-state index is 5.89. The average Bonchev–Trinajstić information content (AvgIpc) is 2.47. The Morgan fingerprint density at radius 2 is 2.00 bits per heavy atom. The van der Waals surface area contributed by atoms with Crippen LogP contribution < -0.4 is 5.73 Å². The first-order valence-corrected chi connectivity index (χ1v) is 4.84. The molecule has 0 spiro atoms. The highest BCUT2D eigenvalue weighted by atomic mass is 15.3. The predicted octanol–water partition coefficient (Wildman–Crippen LogP) is 1.77. The number of hydrogen-bond donors (Lipinski definition) is 1. The largest absolute Gasteiger partial charge is 0.396 e. The molecule has 0 saturated carbocycles. The monoisotopic (exact) mass is 202 g/mol. The summed E-state index contributed by atoms with van der Waals surface area (Å²) in [4.78, 5) is 4.10. The van der Waals surface area contributed by atoms with Crippen molar-refractivity contribution in [1.82, 2.24) is 14.8 Å². The first-order valence-electron chi connectivity index (χ1n) is 4.84. The van der Waals surface area contributed by atoms with Crippen molar-refractivity contribution in [3.05, 3.63) is 35.4 Å². The van der Waals surface area contributed by atoms with E-state index in [-0.39, 0.29) is 0 Å². The Morgan fingerprint density at radius 1 is 1.27 bits per heavy atom. The summed E-state index contributed by atoms with van der Waals surface area (Å²) >= 11 is 0. The van der Waals surface area contributed by atoms with E-state index in [1.165, 1.54) is 0 Å². The zero-order valence-corrected chi connectivity index (χ0v) is 9.15. The van der Waals surface area contributed by atoms with Gasteiger partial charge in [-0.15, -0.1) is 0 Å². The molecule has 0 aliphatic carbocycles. The fourth-order valence-electron chi connectivity index (χ4n) is 1.57. The molecular formula is C11H14N4. The number of nitrogens with two attached hydrogens (primary N) is 1. The zero-order valence-electron chi connectivity index (χ0n) is 9.15. The van der Waals surface area contributed by atoms with Crippen LogP contribution in [-0.4, -0.2) is 14.8 Å². The third-order valence-electron chi connectivity index (χ3n) is 2.59. The van der Waals surface area contributed by atoms with Gasteiger partial charge >= 0.3 is 0 Å². The number of aromatic nitrogens is 3. The number of pyridine rings is 1. The van der Waals surface area contributed by atoms with Crippen molar-refractivity contribution < 1.29 is 0 Å². The van der Waals surface area contributed by atoms with Crippen LogP contribution in [0, 0.1) is 20.8 Å². The first kappa shape index (κ1) is 9.71. The molecule has 2 aromatic heterocycles. The van der Waals surface area contributed by atoms with Gasteiger partial charge in [0.1, 0.15) is 0 Å². The molecule has 0 fully saturated rings. The molecule has 4 heteroatoms. The molecule has 2 N–H and O–H groups in total. The van der Waals surface area contributed by atoms with Crippen molar-refractivity contribution in [2.75, 3.05) is 5.73 Å². The molecule has 2 heterocycles. The molecule has 78 valence electrons. The fraction of sp³-hybridized carbons (Fsp3) is 0.273. The highest BCUT2D eigenvalue weighted by Crippen LogP contribution is 2.20. The lowest BCUT2D eigenvalue weighted by atomic mass is 10.2. The number of nitrogens with zero attached hydrogens (tertiary/aromatic N) is 3. The molecule has 0 bridgehead atoms. The quantitative estimate of drug-likeness (QED) is 0.766. The standard InChI is InChI=1S/C11H14N4/c1-7-4-5-13-6-10(7)15-9(3)11(12)8(2)14-15/h4-6H,12H2,1-3H3. The smallest absolute Gasteiger partial charge is 0.0861 e. The summed E-state index contributed by atoms with van der Waals surface area (Å²) in [6, 6.07) is 1.96. The van der Waals surface area contributed by atoms with E-state index >= 15 is 0 Å². The minimum absolute atomic E-state index is 0.748. The van der Waals surface area contributed by atoms with Gasteiger partial charge in [-0.25, -0.2) is 4.68 Å². The molecule has 0 aliphatic heterocycles. The average molecular weight is 202 g/mol. The van der Waals surface area contributed by atoms with E-state index in [1.807, 2.05) is 31.5 Å². The van der Waals surface area contributed by atoms with Gasteiger partial charge in [-0.05, 0) is 32.4 Å². The van der Waals surface area contributed by atoms with Crippen LogP contribution >= 0.6 is 0 Å². The van der Waals surface area contributed by atoms with Crippen LogP contribution in [0.4, 0.5) is 5.69 Å². The Balaban J connectivity index is 2.65. The molecule has 0 unspecified atom stereocenters. The predicted molar refractivity (Wildman–Crippen MR) is 60.0 cm³/mol. The van der Waals surface area contributed by atoms with E-state index in [2.05, 4.69) is 10.1 Å². The lowest BCUT2D eigenvalue weighted by Gasteiger charge is -2.06. The Kier molecular flexibility index (Phi) is 2.19. The van der Waals surface area contributed by atoms with Crippen molar-refractivity contribution in [2.24, 2.45) is 0 Å². The Hall–Kier alpha value is -1.84. The maximum absolute atomic E-state index is 5.89. The van der Waals surface area contributed by atoms with E-state index in [0.29, 0.717) is 0 Å². The van der Waals surface area contributed by atoms with Gasteiger partial charge in [-0.1, -0.05) is 0 Å². The molecule has 4 nitrogen and oxygen atoms in total. The normalized spacial score (nSPS) is 10.6. The van der Waals surface area contributed by atoms with Gasteiger partial charge in [-0.3, -0.25) is 4.98 Å². The van der Waals surface area contributed by atoms with Gasteiger partial charge in [0.2, 0.25) is 0 Å². The summed E-state index contributed by atoms with van der Waals surface area (Å²) in [7, 11) is 0. The maximum Gasteiger partial charge on any atom is 0.0861 e. The molecule has 0 amide bonds. The van der Waals surface area contributed by atoms with E-state index in [9.17, 15) is 0 Å². The number of aryl methyl sites for hydroxylation is 2. The highest BCUT2D eigenvalue weighted by molar-refractivity contribution is 5.51. The van der Waals surface area contributed by atoms with Crippen molar-refractivity contribution >= 4 is 5.69 Å². The van der Waals surface area contributed by atoms with Crippen LogP contribution in [0.1, 0.15) is 17.0 Å². The summed E-state index contributed by atoms with van der Waals surface area (Å²) < 4.78 is 1.84. The van der Waals surface area contributed by atoms with Crippen LogP contribution in [0.25, 0.3) is 5.69 Å². The Bertz CT molecular complexity index is 499. The number of rotatable bonds is 1. The van der Waals surface area contributed by atoms with Gasteiger partial charge in [0.15, 0.2) is 0 Å². The fourth-order valence-corrected chi connectivity index (χ4v) is 1.57. The third kappa shape index (κ3) is 1.48. The van der Waals surface area contributed by atoms with Gasteiger partial charge in [0, 0.05) is 6.20 Å². The van der Waals surface area contributed by atoms with Crippen LogP contribution in [0.2, 0.25) is 0 Å². The lowest BCUT2D eigenvalue weighted by molar-refractivity contribution is 0.822. The molecule has 0 aromatic carbocycles. The van der Waals surface area contributed by atoms with Crippen molar-refractivity contribution in [2.45, 2.75) is 20.8 Å². The van der Waals surface area contributed by atoms with Crippen molar-refractivity contribution in [3.8, 4) is 5.69 Å². The topological polar surface area (TPSA) is 56.7 Å². The first-order chi connectivity index (χ1) is 7.11. The zero-order chi connectivity index (χ0) is 11.0. The van der Waals surface area contributed by atoms with Crippen molar-refractivity contribution in [3.63, 3.8) is 0 Å². The summed E-state index contributed by atoms with van der Waals surface area (Å²) in [5, 5.41) is 4.39. The lowest BCUT2D eigenvalue weighted by Crippen LogP contribution is -2.02. The van der Waals surface area contributed by atoms with Gasteiger partial charge < -0.3 is 5.73 Å². The molecule has 2 rings (SSSR count). The molecule has 0 radical (unpaired) electrons. The van der Waals surface area contributed by atoms with Gasteiger partial charge in [-0.2, -0.15) is 5.10 Å².